The van der Waals surface area contributed by atoms with E-state index in [1.54, 1.807) is 12.1 Å². The Morgan fingerprint density at radius 2 is 2.26 bits per heavy atom. The van der Waals surface area contributed by atoms with Crippen molar-refractivity contribution in [2.45, 2.75) is 6.42 Å². The molecule has 0 saturated carbocycles. The van der Waals surface area contributed by atoms with Gasteiger partial charge >= 0.3 is 5.97 Å². The lowest BCUT2D eigenvalue weighted by Crippen LogP contribution is -1.97. The topological polar surface area (TPSA) is 76.2 Å². The number of carboxylic acids is 1. The minimum Gasteiger partial charge on any atom is -0.481 e. The molecule has 3 aromatic rings. The Bertz CT molecular complexity index is 856. The summed E-state index contributed by atoms with van der Waals surface area (Å²) < 4.78 is 18.4. The Morgan fingerprint density at radius 3 is 2.96 bits per heavy atom. The van der Waals surface area contributed by atoms with Gasteiger partial charge in [0, 0.05) is 16.5 Å². The fourth-order valence-electron chi connectivity index (χ4n) is 2.01. The average Bonchev–Trinajstić information content (AvgIpc) is 3.17. The third kappa shape index (κ3) is 3.70. The number of aromatic nitrogens is 2. The first-order valence-electron chi connectivity index (χ1n) is 6.66. The summed E-state index contributed by atoms with van der Waals surface area (Å²) in [5.74, 6) is -0.949. The molecule has 116 valence electrons. The van der Waals surface area contributed by atoms with Gasteiger partial charge in [0.15, 0.2) is 0 Å². The molecule has 1 N–H and O–H groups in total. The quantitative estimate of drug-likeness (QED) is 0.766. The van der Waals surface area contributed by atoms with Crippen molar-refractivity contribution in [2.24, 2.45) is 0 Å². The average molecular weight is 330 g/mol. The minimum atomic E-state index is -1.04. The molecule has 0 saturated heterocycles. The van der Waals surface area contributed by atoms with Gasteiger partial charge in [-0.1, -0.05) is 17.3 Å². The molecular formula is C16H11FN2O3S. The molecule has 5 nitrogen and oxygen atoms in total. The van der Waals surface area contributed by atoms with E-state index < -0.39 is 11.8 Å². The molecule has 1 aromatic carbocycles. The molecule has 23 heavy (non-hydrogen) atoms. The number of hydrogen-bond donors (Lipinski definition) is 1. The molecule has 0 aliphatic rings. The summed E-state index contributed by atoms with van der Waals surface area (Å²) in [7, 11) is 0. The van der Waals surface area contributed by atoms with E-state index in [9.17, 15) is 9.18 Å². The summed E-state index contributed by atoms with van der Waals surface area (Å²) >= 11 is 1.49. The summed E-state index contributed by atoms with van der Waals surface area (Å²) in [4.78, 5) is 15.3. The third-order valence-corrected chi connectivity index (χ3v) is 3.69. The van der Waals surface area contributed by atoms with Crippen LogP contribution in [0.5, 0.6) is 0 Å². The Hall–Kier alpha value is -2.80. The second-order valence-corrected chi connectivity index (χ2v) is 5.51. The lowest BCUT2D eigenvalue weighted by molar-refractivity contribution is -0.135. The van der Waals surface area contributed by atoms with Crippen molar-refractivity contribution in [3.05, 3.63) is 58.4 Å². The Kier molecular flexibility index (Phi) is 4.29. The number of halogens is 1. The van der Waals surface area contributed by atoms with Crippen LogP contribution in [0.25, 0.3) is 23.0 Å². The number of hydrogen-bond acceptors (Lipinski definition) is 5. The lowest BCUT2D eigenvalue weighted by Gasteiger charge is -2.00. The highest BCUT2D eigenvalue weighted by atomic mass is 32.1. The first kappa shape index (κ1) is 15.1. The highest BCUT2D eigenvalue weighted by Gasteiger charge is 2.16. The van der Waals surface area contributed by atoms with E-state index >= 15 is 0 Å². The molecule has 0 amide bonds. The summed E-state index contributed by atoms with van der Waals surface area (Å²) in [6.45, 7) is 0. The van der Waals surface area contributed by atoms with E-state index in [0.717, 1.165) is 5.56 Å². The van der Waals surface area contributed by atoms with E-state index in [1.165, 1.54) is 29.5 Å². The summed E-state index contributed by atoms with van der Waals surface area (Å²) in [5.41, 5.74) is 1.64. The predicted molar refractivity (Wildman–Crippen MR) is 84.1 cm³/mol. The first-order chi connectivity index (χ1) is 11.1. The molecule has 0 aliphatic carbocycles. The second-order valence-electron chi connectivity index (χ2n) is 4.73. The van der Waals surface area contributed by atoms with Gasteiger partial charge < -0.3 is 9.63 Å². The van der Waals surface area contributed by atoms with Gasteiger partial charge in [-0.3, -0.25) is 4.79 Å². The number of carboxylic acid groups (broad SMARTS) is 1. The molecule has 0 fully saturated rings. The summed E-state index contributed by atoms with van der Waals surface area (Å²) in [6.07, 6.45) is 1.23. The van der Waals surface area contributed by atoms with Crippen LogP contribution in [0.15, 0.2) is 45.6 Å². The van der Waals surface area contributed by atoms with E-state index in [-0.39, 0.29) is 12.3 Å². The normalized spacial score (nSPS) is 11.6. The Morgan fingerprint density at radius 1 is 1.39 bits per heavy atom. The standard InChI is InChI=1S/C16H11FN2O3S/c17-13-3-1-2-10(7-13)6-12(8-14(20)21)16-18-15(19-22-16)11-4-5-23-9-11/h1-7,9H,8H2,(H,20,21)/b12-6+. The molecule has 3 rings (SSSR count). The van der Waals surface area contributed by atoms with Gasteiger partial charge in [0.25, 0.3) is 5.89 Å². The monoisotopic (exact) mass is 330 g/mol. The molecule has 7 heteroatoms. The number of thiophene rings is 1. The van der Waals surface area contributed by atoms with Gasteiger partial charge in [-0.15, -0.1) is 0 Å². The number of aliphatic carboxylic acids is 1. The zero-order chi connectivity index (χ0) is 16.2. The van der Waals surface area contributed by atoms with Gasteiger partial charge in [0.2, 0.25) is 5.82 Å². The van der Waals surface area contributed by atoms with Gasteiger partial charge in [0.1, 0.15) is 5.82 Å². The van der Waals surface area contributed by atoms with E-state index in [4.69, 9.17) is 9.63 Å². The van der Waals surface area contributed by atoms with Crippen LogP contribution in [0, 0.1) is 5.82 Å². The van der Waals surface area contributed by atoms with Crippen LogP contribution < -0.4 is 0 Å². The highest BCUT2D eigenvalue weighted by molar-refractivity contribution is 7.08. The number of carbonyl (C=O) groups is 1. The molecule has 0 bridgehead atoms. The molecule has 0 aliphatic heterocycles. The highest BCUT2D eigenvalue weighted by Crippen LogP contribution is 2.25. The van der Waals surface area contributed by atoms with Crippen LogP contribution in [0.2, 0.25) is 0 Å². The van der Waals surface area contributed by atoms with Crippen molar-refractivity contribution in [1.29, 1.82) is 0 Å². The van der Waals surface area contributed by atoms with Crippen LogP contribution in [-0.4, -0.2) is 21.2 Å². The van der Waals surface area contributed by atoms with E-state index in [2.05, 4.69) is 10.1 Å². The zero-order valence-electron chi connectivity index (χ0n) is 11.8. The van der Waals surface area contributed by atoms with Crippen LogP contribution in [0.3, 0.4) is 0 Å². The molecular weight excluding hydrogens is 319 g/mol. The van der Waals surface area contributed by atoms with Crippen molar-refractivity contribution in [1.82, 2.24) is 10.1 Å². The Labute approximate surface area is 134 Å². The molecule has 0 spiro atoms. The number of rotatable bonds is 5. The minimum absolute atomic E-state index is 0.109. The van der Waals surface area contributed by atoms with Crippen molar-refractivity contribution < 1.29 is 18.8 Å². The number of nitrogens with zero attached hydrogens (tertiary/aromatic N) is 2. The van der Waals surface area contributed by atoms with Crippen LogP contribution in [0.4, 0.5) is 4.39 Å². The van der Waals surface area contributed by atoms with Crippen LogP contribution >= 0.6 is 11.3 Å². The lowest BCUT2D eigenvalue weighted by atomic mass is 10.1. The zero-order valence-corrected chi connectivity index (χ0v) is 12.6. The largest absolute Gasteiger partial charge is 0.481 e. The summed E-state index contributed by atoms with van der Waals surface area (Å²) in [6, 6.07) is 7.67. The predicted octanol–water partition coefficient (Wildman–Crippen LogP) is 3.95. The Balaban J connectivity index is 1.98. The fraction of sp³-hybridized carbons (Fsp3) is 0.0625. The maximum Gasteiger partial charge on any atom is 0.308 e. The maximum atomic E-state index is 13.3. The van der Waals surface area contributed by atoms with Crippen LogP contribution in [-0.2, 0) is 4.79 Å². The second kappa shape index (κ2) is 6.53. The summed E-state index contributed by atoms with van der Waals surface area (Å²) in [5, 5.41) is 16.7. The fourth-order valence-corrected chi connectivity index (χ4v) is 2.65. The molecule has 0 atom stereocenters. The molecule has 2 heterocycles. The van der Waals surface area contributed by atoms with Crippen molar-refractivity contribution in [3.63, 3.8) is 0 Å². The SMILES string of the molecule is O=C(O)C/C(=C\c1cccc(F)c1)c1nc(-c2ccsc2)no1. The van der Waals surface area contributed by atoms with Crippen LogP contribution in [0.1, 0.15) is 17.9 Å². The van der Waals surface area contributed by atoms with E-state index in [0.29, 0.717) is 17.0 Å². The molecule has 0 unspecified atom stereocenters. The van der Waals surface area contributed by atoms with Crippen molar-refractivity contribution >= 4 is 29.0 Å². The van der Waals surface area contributed by atoms with Crippen molar-refractivity contribution in [3.8, 4) is 11.4 Å². The first-order valence-corrected chi connectivity index (χ1v) is 7.60. The van der Waals surface area contributed by atoms with E-state index in [1.807, 2.05) is 16.8 Å². The van der Waals surface area contributed by atoms with Crippen molar-refractivity contribution in [2.75, 3.05) is 0 Å². The molecule has 2 aromatic heterocycles. The maximum absolute atomic E-state index is 13.3. The smallest absolute Gasteiger partial charge is 0.308 e. The third-order valence-electron chi connectivity index (χ3n) is 3.01. The number of benzene rings is 1. The van der Waals surface area contributed by atoms with Gasteiger partial charge in [-0.25, -0.2) is 4.39 Å². The molecule has 0 radical (unpaired) electrons. The van der Waals surface area contributed by atoms with Gasteiger partial charge in [-0.2, -0.15) is 16.3 Å². The van der Waals surface area contributed by atoms with Gasteiger partial charge in [-0.05, 0) is 35.2 Å². The van der Waals surface area contributed by atoms with Gasteiger partial charge in [0.05, 0.1) is 6.42 Å².